The molecular formula is C22H24N2O4. The number of ether oxygens (including phenoxy) is 1. The van der Waals surface area contributed by atoms with E-state index in [2.05, 4.69) is 5.32 Å². The van der Waals surface area contributed by atoms with Crippen LogP contribution >= 0.6 is 0 Å². The van der Waals surface area contributed by atoms with Crippen LogP contribution in [0.3, 0.4) is 0 Å². The number of methoxy groups -OCH3 is 1. The minimum atomic E-state index is -0.462. The summed E-state index contributed by atoms with van der Waals surface area (Å²) in [6.45, 7) is 4.75. The second-order valence-corrected chi connectivity index (χ2v) is 7.17. The Labute approximate surface area is 164 Å². The fourth-order valence-corrected chi connectivity index (χ4v) is 3.25. The molecule has 2 aromatic rings. The van der Waals surface area contributed by atoms with E-state index in [0.717, 1.165) is 11.1 Å². The van der Waals surface area contributed by atoms with Crippen molar-refractivity contribution in [2.75, 3.05) is 19.0 Å². The molecule has 146 valence electrons. The number of likely N-dealkylation sites (tertiary alicyclic amines) is 1. The van der Waals surface area contributed by atoms with E-state index in [4.69, 9.17) is 4.74 Å². The third-order valence-corrected chi connectivity index (χ3v) is 5.00. The first-order valence-electron chi connectivity index (χ1n) is 9.20. The fraction of sp³-hybridized carbons (Fsp3) is 0.318. The van der Waals surface area contributed by atoms with Crippen molar-refractivity contribution in [3.8, 4) is 0 Å². The second kappa shape index (κ2) is 8.25. The molecule has 1 aliphatic heterocycles. The second-order valence-electron chi connectivity index (χ2n) is 7.17. The van der Waals surface area contributed by atoms with Gasteiger partial charge in [0.1, 0.15) is 0 Å². The van der Waals surface area contributed by atoms with E-state index in [9.17, 15) is 14.4 Å². The van der Waals surface area contributed by atoms with Gasteiger partial charge in [0.15, 0.2) is 0 Å². The van der Waals surface area contributed by atoms with Gasteiger partial charge in [-0.15, -0.1) is 0 Å². The zero-order valence-electron chi connectivity index (χ0n) is 16.3. The molecule has 2 aromatic carbocycles. The summed E-state index contributed by atoms with van der Waals surface area (Å²) in [6, 6.07) is 13.0. The van der Waals surface area contributed by atoms with Crippen LogP contribution in [0.25, 0.3) is 0 Å². The van der Waals surface area contributed by atoms with E-state index in [0.29, 0.717) is 24.3 Å². The molecular weight excluding hydrogens is 356 g/mol. The predicted molar refractivity (Wildman–Crippen MR) is 106 cm³/mol. The Kier molecular flexibility index (Phi) is 5.78. The smallest absolute Gasteiger partial charge is 0.337 e. The molecule has 0 spiro atoms. The van der Waals surface area contributed by atoms with Crippen molar-refractivity contribution >= 4 is 23.5 Å². The maximum Gasteiger partial charge on any atom is 0.337 e. The van der Waals surface area contributed by atoms with Gasteiger partial charge in [0.25, 0.3) is 0 Å². The van der Waals surface area contributed by atoms with Crippen LogP contribution in [0.1, 0.15) is 33.5 Å². The number of esters is 1. The van der Waals surface area contributed by atoms with E-state index in [1.54, 1.807) is 23.1 Å². The summed E-state index contributed by atoms with van der Waals surface area (Å²) in [5, 5.41) is 2.86. The Morgan fingerprint density at radius 2 is 1.86 bits per heavy atom. The first-order chi connectivity index (χ1) is 13.4. The molecule has 28 heavy (non-hydrogen) atoms. The molecule has 1 N–H and O–H groups in total. The number of anilines is 1. The quantitative estimate of drug-likeness (QED) is 0.809. The lowest BCUT2D eigenvalue weighted by atomic mass is 10.1. The molecule has 6 nitrogen and oxygen atoms in total. The lowest BCUT2D eigenvalue weighted by Crippen LogP contribution is -2.28. The Hall–Kier alpha value is -3.15. The molecule has 0 aliphatic carbocycles. The SMILES string of the molecule is COC(=O)c1ccc(C)c(NC(=O)C2CC(=O)N(Cc3ccc(C)cc3)C2)c1. The van der Waals surface area contributed by atoms with Crippen molar-refractivity contribution in [2.45, 2.75) is 26.8 Å². The molecule has 0 bridgehead atoms. The lowest BCUT2D eigenvalue weighted by molar-refractivity contribution is -0.128. The number of rotatable bonds is 5. The van der Waals surface area contributed by atoms with Crippen LogP contribution in [0.15, 0.2) is 42.5 Å². The van der Waals surface area contributed by atoms with Gasteiger partial charge in [-0.3, -0.25) is 9.59 Å². The molecule has 1 unspecified atom stereocenters. The van der Waals surface area contributed by atoms with E-state index >= 15 is 0 Å². The molecule has 3 rings (SSSR count). The zero-order chi connectivity index (χ0) is 20.3. The maximum atomic E-state index is 12.7. The largest absolute Gasteiger partial charge is 0.465 e. The summed E-state index contributed by atoms with van der Waals surface area (Å²) in [7, 11) is 1.31. The molecule has 1 fully saturated rings. The highest BCUT2D eigenvalue weighted by Crippen LogP contribution is 2.24. The molecule has 0 aromatic heterocycles. The van der Waals surface area contributed by atoms with Gasteiger partial charge >= 0.3 is 5.97 Å². The minimum Gasteiger partial charge on any atom is -0.465 e. The number of hydrogen-bond donors (Lipinski definition) is 1. The average molecular weight is 380 g/mol. The third-order valence-electron chi connectivity index (χ3n) is 5.00. The van der Waals surface area contributed by atoms with Crippen LogP contribution in [0.2, 0.25) is 0 Å². The van der Waals surface area contributed by atoms with Gasteiger partial charge in [-0.2, -0.15) is 0 Å². The summed E-state index contributed by atoms with van der Waals surface area (Å²) in [5.41, 5.74) is 3.96. The number of aryl methyl sites for hydroxylation is 2. The summed E-state index contributed by atoms with van der Waals surface area (Å²) >= 11 is 0. The van der Waals surface area contributed by atoms with Crippen molar-refractivity contribution in [3.05, 3.63) is 64.7 Å². The predicted octanol–water partition coefficient (Wildman–Crippen LogP) is 3.08. The van der Waals surface area contributed by atoms with Crippen LogP contribution in [0.4, 0.5) is 5.69 Å². The standard InChI is InChI=1S/C22H24N2O4/c1-14-4-7-16(8-5-14)12-24-13-18(11-20(24)25)21(26)23-19-10-17(22(27)28-3)9-6-15(19)2/h4-10,18H,11-13H2,1-3H3,(H,23,26). The van der Waals surface area contributed by atoms with Crippen LogP contribution in [0, 0.1) is 19.8 Å². The van der Waals surface area contributed by atoms with Crippen molar-refractivity contribution in [1.29, 1.82) is 0 Å². The summed E-state index contributed by atoms with van der Waals surface area (Å²) < 4.78 is 4.72. The molecule has 0 saturated carbocycles. The first kappa shape index (κ1) is 19.6. The van der Waals surface area contributed by atoms with Gasteiger partial charge in [-0.05, 0) is 37.1 Å². The number of hydrogen-bond acceptors (Lipinski definition) is 4. The zero-order valence-corrected chi connectivity index (χ0v) is 16.3. The number of carbonyl (C=O) groups excluding carboxylic acids is 3. The number of benzene rings is 2. The van der Waals surface area contributed by atoms with Gasteiger partial charge in [0, 0.05) is 25.2 Å². The molecule has 1 saturated heterocycles. The van der Waals surface area contributed by atoms with Crippen molar-refractivity contribution < 1.29 is 19.1 Å². The van der Waals surface area contributed by atoms with Crippen molar-refractivity contribution in [3.63, 3.8) is 0 Å². The Bertz CT molecular complexity index is 905. The number of amides is 2. The average Bonchev–Trinajstić information content (AvgIpc) is 3.05. The fourth-order valence-electron chi connectivity index (χ4n) is 3.25. The summed E-state index contributed by atoms with van der Waals surface area (Å²) in [6.07, 6.45) is 0.188. The summed E-state index contributed by atoms with van der Waals surface area (Å²) in [5.74, 6) is -1.12. The number of nitrogens with zero attached hydrogens (tertiary/aromatic N) is 1. The van der Waals surface area contributed by atoms with Gasteiger partial charge < -0.3 is 15.0 Å². The van der Waals surface area contributed by atoms with Gasteiger partial charge in [0.05, 0.1) is 18.6 Å². The maximum absolute atomic E-state index is 12.7. The molecule has 1 atom stereocenters. The van der Waals surface area contributed by atoms with Crippen LogP contribution < -0.4 is 5.32 Å². The highest BCUT2D eigenvalue weighted by molar-refractivity contribution is 5.99. The van der Waals surface area contributed by atoms with E-state index < -0.39 is 11.9 Å². The molecule has 0 radical (unpaired) electrons. The number of nitrogens with one attached hydrogen (secondary N) is 1. The molecule has 1 aliphatic rings. The Morgan fingerprint density at radius 3 is 2.54 bits per heavy atom. The summed E-state index contributed by atoms with van der Waals surface area (Å²) in [4.78, 5) is 38.5. The topological polar surface area (TPSA) is 75.7 Å². The highest BCUT2D eigenvalue weighted by atomic mass is 16.5. The monoisotopic (exact) mass is 380 g/mol. The van der Waals surface area contributed by atoms with E-state index in [1.165, 1.54) is 12.7 Å². The van der Waals surface area contributed by atoms with Crippen LogP contribution in [0.5, 0.6) is 0 Å². The Morgan fingerprint density at radius 1 is 1.14 bits per heavy atom. The lowest BCUT2D eigenvalue weighted by Gasteiger charge is -2.17. The van der Waals surface area contributed by atoms with Gasteiger partial charge in [0.2, 0.25) is 11.8 Å². The molecule has 1 heterocycles. The van der Waals surface area contributed by atoms with Gasteiger partial charge in [-0.25, -0.2) is 4.79 Å². The first-order valence-corrected chi connectivity index (χ1v) is 9.20. The molecule has 6 heteroatoms. The van der Waals surface area contributed by atoms with Crippen LogP contribution in [-0.4, -0.2) is 36.3 Å². The highest BCUT2D eigenvalue weighted by Gasteiger charge is 2.34. The van der Waals surface area contributed by atoms with E-state index in [1.807, 2.05) is 38.1 Å². The van der Waals surface area contributed by atoms with E-state index in [-0.39, 0.29) is 18.2 Å². The number of carbonyl (C=O) groups is 3. The van der Waals surface area contributed by atoms with Gasteiger partial charge in [-0.1, -0.05) is 35.9 Å². The normalized spacial score (nSPS) is 16.2. The molecule has 2 amide bonds. The minimum absolute atomic E-state index is 0.0271. The third kappa shape index (κ3) is 4.39. The van der Waals surface area contributed by atoms with Crippen molar-refractivity contribution in [2.24, 2.45) is 5.92 Å². The Balaban J connectivity index is 1.66. The van der Waals surface area contributed by atoms with Crippen molar-refractivity contribution in [1.82, 2.24) is 4.90 Å². The van der Waals surface area contributed by atoms with Crippen LogP contribution in [-0.2, 0) is 20.9 Å².